The van der Waals surface area contributed by atoms with Gasteiger partial charge in [-0.2, -0.15) is 0 Å². The molecule has 0 spiro atoms. The van der Waals surface area contributed by atoms with E-state index in [1.807, 2.05) is 0 Å². The Hall–Kier alpha value is -2.80. The molecule has 0 aliphatic heterocycles. The zero-order valence-electron chi connectivity index (χ0n) is 14.0. The number of pyridine rings is 1. The quantitative estimate of drug-likeness (QED) is 0.723. The van der Waals surface area contributed by atoms with Gasteiger partial charge in [0.2, 0.25) is 0 Å². The molecule has 1 aromatic heterocycles. The van der Waals surface area contributed by atoms with E-state index in [0.717, 1.165) is 5.69 Å². The second-order valence-electron chi connectivity index (χ2n) is 4.87. The van der Waals surface area contributed by atoms with Crippen LogP contribution in [0.25, 0.3) is 0 Å². The van der Waals surface area contributed by atoms with Crippen molar-refractivity contribution in [3.8, 4) is 11.5 Å². The fraction of sp³-hybridized carbons (Fsp3) is 0.294. The molecule has 1 heterocycles. The first-order valence-electron chi connectivity index (χ1n) is 7.40. The van der Waals surface area contributed by atoms with Gasteiger partial charge in [0.15, 0.2) is 0 Å². The first-order chi connectivity index (χ1) is 11.7. The predicted octanol–water partition coefficient (Wildman–Crippen LogP) is 2.41. The number of rotatable bonds is 8. The third-order valence-corrected chi connectivity index (χ3v) is 3.29. The maximum Gasteiger partial charge on any atom is 0.274 e. The highest BCUT2D eigenvalue weighted by molar-refractivity contribution is 6.03. The molecule has 0 radical (unpaired) electrons. The summed E-state index contributed by atoms with van der Waals surface area (Å²) >= 11 is 0. The molecule has 0 aliphatic rings. The Kier molecular flexibility index (Phi) is 6.39. The van der Waals surface area contributed by atoms with Gasteiger partial charge in [0.1, 0.15) is 17.2 Å². The second-order valence-corrected chi connectivity index (χ2v) is 4.87. The van der Waals surface area contributed by atoms with Crippen molar-refractivity contribution in [2.24, 2.45) is 0 Å². The van der Waals surface area contributed by atoms with E-state index >= 15 is 0 Å². The number of hydrogen-bond donors (Lipinski definition) is 2. The third-order valence-electron chi connectivity index (χ3n) is 3.29. The SMILES string of the molecule is COCCNc1ccc(C(=O)Nc2ccc(OC)cc2OC)nc1. The molecule has 7 heteroatoms. The maximum atomic E-state index is 12.3. The molecule has 0 atom stereocenters. The van der Waals surface area contributed by atoms with Crippen LogP contribution in [0.3, 0.4) is 0 Å². The van der Waals surface area contributed by atoms with Crippen molar-refractivity contribution in [1.82, 2.24) is 4.98 Å². The number of carbonyl (C=O) groups excluding carboxylic acids is 1. The van der Waals surface area contributed by atoms with Gasteiger partial charge in [0, 0.05) is 19.7 Å². The highest BCUT2D eigenvalue weighted by Gasteiger charge is 2.12. The first kappa shape index (κ1) is 17.6. The minimum absolute atomic E-state index is 0.310. The number of aromatic nitrogens is 1. The summed E-state index contributed by atoms with van der Waals surface area (Å²) in [4.78, 5) is 16.5. The normalized spacial score (nSPS) is 10.1. The van der Waals surface area contributed by atoms with E-state index in [0.29, 0.717) is 36.0 Å². The standard InChI is InChI=1S/C17H21N3O4/c1-22-9-8-18-12-4-6-15(19-11-12)17(21)20-14-7-5-13(23-2)10-16(14)24-3/h4-7,10-11,18H,8-9H2,1-3H3,(H,20,21). The number of benzene rings is 1. The molecule has 0 saturated carbocycles. The van der Waals surface area contributed by atoms with Gasteiger partial charge in [-0.15, -0.1) is 0 Å². The number of anilines is 2. The Morgan fingerprint density at radius 2 is 1.96 bits per heavy atom. The molecule has 7 nitrogen and oxygen atoms in total. The lowest BCUT2D eigenvalue weighted by molar-refractivity contribution is 0.102. The van der Waals surface area contributed by atoms with Gasteiger partial charge in [-0.25, -0.2) is 4.98 Å². The fourth-order valence-electron chi connectivity index (χ4n) is 2.02. The summed E-state index contributed by atoms with van der Waals surface area (Å²) in [6.07, 6.45) is 1.61. The predicted molar refractivity (Wildman–Crippen MR) is 92.1 cm³/mol. The molecular weight excluding hydrogens is 310 g/mol. The molecule has 0 unspecified atom stereocenters. The molecule has 128 valence electrons. The molecule has 0 aliphatic carbocycles. The smallest absolute Gasteiger partial charge is 0.274 e. The van der Waals surface area contributed by atoms with Crippen LogP contribution in [-0.2, 0) is 4.74 Å². The molecule has 0 fully saturated rings. The van der Waals surface area contributed by atoms with E-state index in [9.17, 15) is 4.79 Å². The van der Waals surface area contributed by atoms with Gasteiger partial charge in [-0.05, 0) is 24.3 Å². The summed E-state index contributed by atoms with van der Waals surface area (Å²) in [5, 5.41) is 5.92. The molecule has 0 saturated heterocycles. The van der Waals surface area contributed by atoms with E-state index in [4.69, 9.17) is 14.2 Å². The second kappa shape index (κ2) is 8.73. The average molecular weight is 331 g/mol. The number of carbonyl (C=O) groups is 1. The highest BCUT2D eigenvalue weighted by Crippen LogP contribution is 2.29. The Labute approximate surface area is 140 Å². The number of amides is 1. The molecule has 0 bridgehead atoms. The summed E-state index contributed by atoms with van der Waals surface area (Å²) in [5.41, 5.74) is 1.68. The Morgan fingerprint density at radius 3 is 2.58 bits per heavy atom. The van der Waals surface area contributed by atoms with Crippen LogP contribution >= 0.6 is 0 Å². The lowest BCUT2D eigenvalue weighted by Gasteiger charge is -2.11. The summed E-state index contributed by atoms with van der Waals surface area (Å²) in [6, 6.07) is 8.61. The third kappa shape index (κ3) is 4.60. The van der Waals surface area contributed by atoms with Crippen molar-refractivity contribution in [3.05, 3.63) is 42.2 Å². The minimum atomic E-state index is -0.318. The van der Waals surface area contributed by atoms with Crippen LogP contribution in [0, 0.1) is 0 Å². The largest absolute Gasteiger partial charge is 0.497 e. The van der Waals surface area contributed by atoms with E-state index < -0.39 is 0 Å². The molecular formula is C17H21N3O4. The lowest BCUT2D eigenvalue weighted by atomic mass is 10.2. The summed E-state index contributed by atoms with van der Waals surface area (Å²) in [5.74, 6) is 0.844. The van der Waals surface area contributed by atoms with Gasteiger partial charge < -0.3 is 24.8 Å². The molecule has 1 aromatic carbocycles. The van der Waals surface area contributed by atoms with Crippen LogP contribution in [0.5, 0.6) is 11.5 Å². The van der Waals surface area contributed by atoms with Gasteiger partial charge >= 0.3 is 0 Å². The zero-order chi connectivity index (χ0) is 17.4. The van der Waals surface area contributed by atoms with E-state index in [2.05, 4.69) is 15.6 Å². The van der Waals surface area contributed by atoms with Crippen LogP contribution in [0.4, 0.5) is 11.4 Å². The molecule has 2 rings (SSSR count). The fourth-order valence-corrected chi connectivity index (χ4v) is 2.02. The Balaban J connectivity index is 2.04. The van der Waals surface area contributed by atoms with Crippen LogP contribution in [0.2, 0.25) is 0 Å². The molecule has 2 aromatic rings. The average Bonchev–Trinajstić information content (AvgIpc) is 2.62. The Morgan fingerprint density at radius 1 is 1.12 bits per heavy atom. The number of hydrogen-bond acceptors (Lipinski definition) is 6. The van der Waals surface area contributed by atoms with Crippen molar-refractivity contribution in [2.75, 3.05) is 45.1 Å². The van der Waals surface area contributed by atoms with Crippen molar-refractivity contribution >= 4 is 17.3 Å². The van der Waals surface area contributed by atoms with E-state index in [-0.39, 0.29) is 5.91 Å². The number of nitrogens with one attached hydrogen (secondary N) is 2. The first-order valence-corrected chi connectivity index (χ1v) is 7.40. The van der Waals surface area contributed by atoms with Gasteiger partial charge in [0.05, 0.1) is 38.4 Å². The topological polar surface area (TPSA) is 81.7 Å². The Bertz CT molecular complexity index is 674. The summed E-state index contributed by atoms with van der Waals surface area (Å²) in [7, 11) is 4.74. The van der Waals surface area contributed by atoms with E-state index in [1.54, 1.807) is 50.7 Å². The molecule has 2 N–H and O–H groups in total. The van der Waals surface area contributed by atoms with Crippen LogP contribution in [0.1, 0.15) is 10.5 Å². The van der Waals surface area contributed by atoms with Crippen molar-refractivity contribution < 1.29 is 19.0 Å². The highest BCUT2D eigenvalue weighted by atomic mass is 16.5. The van der Waals surface area contributed by atoms with Gasteiger partial charge in [-0.1, -0.05) is 0 Å². The van der Waals surface area contributed by atoms with Crippen LogP contribution < -0.4 is 20.1 Å². The van der Waals surface area contributed by atoms with Crippen molar-refractivity contribution in [2.45, 2.75) is 0 Å². The maximum absolute atomic E-state index is 12.3. The van der Waals surface area contributed by atoms with Crippen LogP contribution in [-0.4, -0.2) is 45.4 Å². The zero-order valence-corrected chi connectivity index (χ0v) is 14.0. The molecule has 1 amide bonds. The van der Waals surface area contributed by atoms with Gasteiger partial charge in [0.25, 0.3) is 5.91 Å². The number of nitrogens with zero attached hydrogens (tertiary/aromatic N) is 1. The van der Waals surface area contributed by atoms with Gasteiger partial charge in [-0.3, -0.25) is 4.79 Å². The summed E-state index contributed by atoms with van der Waals surface area (Å²) < 4.78 is 15.4. The monoisotopic (exact) mass is 331 g/mol. The summed E-state index contributed by atoms with van der Waals surface area (Å²) in [6.45, 7) is 1.27. The lowest BCUT2D eigenvalue weighted by Crippen LogP contribution is -2.15. The number of methoxy groups -OCH3 is 3. The number of ether oxygens (including phenoxy) is 3. The van der Waals surface area contributed by atoms with Crippen molar-refractivity contribution in [1.29, 1.82) is 0 Å². The van der Waals surface area contributed by atoms with E-state index in [1.165, 1.54) is 7.11 Å². The van der Waals surface area contributed by atoms with Crippen molar-refractivity contribution in [3.63, 3.8) is 0 Å². The minimum Gasteiger partial charge on any atom is -0.497 e. The molecule has 24 heavy (non-hydrogen) atoms. The van der Waals surface area contributed by atoms with Crippen LogP contribution in [0.15, 0.2) is 36.5 Å².